The van der Waals surface area contributed by atoms with Crippen LogP contribution in [0.3, 0.4) is 0 Å². The molecule has 1 aliphatic carbocycles. The zero-order valence-electron chi connectivity index (χ0n) is 11.0. The molecule has 3 unspecified atom stereocenters. The van der Waals surface area contributed by atoms with Gasteiger partial charge in [-0.2, -0.15) is 13.2 Å². The molecule has 0 bridgehead atoms. The van der Waals surface area contributed by atoms with E-state index in [0.717, 1.165) is 6.42 Å². The van der Waals surface area contributed by atoms with Crippen LogP contribution in [0, 0.1) is 17.7 Å². The summed E-state index contributed by atoms with van der Waals surface area (Å²) < 4.78 is 52.7. The minimum Gasteiger partial charge on any atom is -0.271 e. The van der Waals surface area contributed by atoms with Crippen molar-refractivity contribution in [3.8, 4) is 0 Å². The predicted octanol–water partition coefficient (Wildman–Crippen LogP) is 3.70. The molecule has 0 spiro atoms. The Kier molecular flexibility index (Phi) is 4.65. The highest BCUT2D eigenvalue weighted by molar-refractivity contribution is 5.21. The standard InChI is InChI=1S/C14H18F4N2/c15-10-5-3-4-9(8-10)13(20-19)11-6-1-2-7-12(11)14(16,17)18/h3-5,8,11-13,20H,1-2,6-7,19H2. The molecule has 1 aromatic rings. The number of hydrogen-bond donors (Lipinski definition) is 2. The Morgan fingerprint density at radius 1 is 1.20 bits per heavy atom. The van der Waals surface area contributed by atoms with Crippen LogP contribution in [0.2, 0.25) is 0 Å². The van der Waals surface area contributed by atoms with Crippen molar-refractivity contribution in [1.82, 2.24) is 5.43 Å². The van der Waals surface area contributed by atoms with Crippen molar-refractivity contribution >= 4 is 0 Å². The third-order valence-corrected chi connectivity index (χ3v) is 4.06. The first-order valence-corrected chi connectivity index (χ1v) is 6.72. The van der Waals surface area contributed by atoms with Crippen molar-refractivity contribution in [3.63, 3.8) is 0 Å². The van der Waals surface area contributed by atoms with Crippen molar-refractivity contribution in [3.05, 3.63) is 35.6 Å². The van der Waals surface area contributed by atoms with E-state index in [1.54, 1.807) is 6.07 Å². The molecule has 0 aliphatic heterocycles. The lowest BCUT2D eigenvalue weighted by Crippen LogP contribution is -2.43. The Bertz CT molecular complexity index is 447. The van der Waals surface area contributed by atoms with E-state index in [-0.39, 0.29) is 6.42 Å². The van der Waals surface area contributed by atoms with Gasteiger partial charge in [0, 0.05) is 6.04 Å². The summed E-state index contributed by atoms with van der Waals surface area (Å²) in [5.41, 5.74) is 2.92. The number of nitrogens with one attached hydrogen (secondary N) is 1. The molecule has 2 rings (SSSR count). The fourth-order valence-electron chi connectivity index (χ4n) is 3.13. The summed E-state index contributed by atoms with van der Waals surface area (Å²) in [6, 6.07) is 4.92. The van der Waals surface area contributed by atoms with Crippen LogP contribution in [0.25, 0.3) is 0 Å². The maximum atomic E-state index is 13.3. The quantitative estimate of drug-likeness (QED) is 0.506. The van der Waals surface area contributed by atoms with Crippen LogP contribution >= 0.6 is 0 Å². The molecule has 2 nitrogen and oxygen atoms in total. The topological polar surface area (TPSA) is 38.0 Å². The van der Waals surface area contributed by atoms with Gasteiger partial charge in [0.15, 0.2) is 0 Å². The molecule has 0 saturated heterocycles. The molecular weight excluding hydrogens is 272 g/mol. The molecule has 6 heteroatoms. The van der Waals surface area contributed by atoms with Gasteiger partial charge in [0.05, 0.1) is 5.92 Å². The average Bonchev–Trinajstić information content (AvgIpc) is 2.39. The molecule has 0 radical (unpaired) electrons. The highest BCUT2D eigenvalue weighted by atomic mass is 19.4. The molecule has 112 valence electrons. The second-order valence-electron chi connectivity index (χ2n) is 5.30. The van der Waals surface area contributed by atoms with Crippen LogP contribution in [0.4, 0.5) is 17.6 Å². The van der Waals surface area contributed by atoms with Crippen LogP contribution in [-0.4, -0.2) is 6.18 Å². The number of rotatable bonds is 3. The highest BCUT2D eigenvalue weighted by Crippen LogP contribution is 2.46. The second-order valence-corrected chi connectivity index (χ2v) is 5.30. The molecule has 1 saturated carbocycles. The van der Waals surface area contributed by atoms with E-state index >= 15 is 0 Å². The van der Waals surface area contributed by atoms with Gasteiger partial charge in [-0.25, -0.2) is 4.39 Å². The van der Waals surface area contributed by atoms with Gasteiger partial charge in [-0.15, -0.1) is 0 Å². The van der Waals surface area contributed by atoms with Crippen molar-refractivity contribution in [1.29, 1.82) is 0 Å². The summed E-state index contributed by atoms with van der Waals surface area (Å²) in [5.74, 6) is 2.94. The minimum absolute atomic E-state index is 0.113. The van der Waals surface area contributed by atoms with Crippen molar-refractivity contribution in [2.75, 3.05) is 0 Å². The Hall–Kier alpha value is -1.14. The lowest BCUT2D eigenvalue weighted by molar-refractivity contribution is -0.199. The van der Waals surface area contributed by atoms with Crippen LogP contribution in [0.1, 0.15) is 37.3 Å². The average molecular weight is 290 g/mol. The number of benzene rings is 1. The molecule has 0 aromatic heterocycles. The van der Waals surface area contributed by atoms with E-state index in [1.807, 2.05) is 0 Å². The lowest BCUT2D eigenvalue weighted by Gasteiger charge is -2.38. The molecular formula is C14H18F4N2. The largest absolute Gasteiger partial charge is 0.392 e. The van der Waals surface area contributed by atoms with Crippen LogP contribution in [0.15, 0.2) is 24.3 Å². The SMILES string of the molecule is NNC(c1cccc(F)c1)C1CCCCC1C(F)(F)F. The monoisotopic (exact) mass is 290 g/mol. The second kappa shape index (κ2) is 6.10. The molecule has 1 aromatic carbocycles. The predicted molar refractivity (Wildman–Crippen MR) is 68.0 cm³/mol. The van der Waals surface area contributed by atoms with E-state index in [9.17, 15) is 17.6 Å². The van der Waals surface area contributed by atoms with Crippen LogP contribution < -0.4 is 11.3 Å². The summed E-state index contributed by atoms with van der Waals surface area (Å²) in [5, 5.41) is 0. The maximum Gasteiger partial charge on any atom is 0.392 e. The van der Waals surface area contributed by atoms with Crippen LogP contribution in [-0.2, 0) is 0 Å². The normalized spacial score (nSPS) is 25.4. The van der Waals surface area contributed by atoms with Crippen molar-refractivity contribution < 1.29 is 17.6 Å². The van der Waals surface area contributed by atoms with E-state index in [2.05, 4.69) is 5.43 Å². The first-order chi connectivity index (χ1) is 9.43. The smallest absolute Gasteiger partial charge is 0.271 e. The molecule has 20 heavy (non-hydrogen) atoms. The third kappa shape index (κ3) is 3.30. The number of nitrogens with two attached hydrogens (primary N) is 1. The first-order valence-electron chi connectivity index (χ1n) is 6.72. The molecule has 3 N–H and O–H groups in total. The van der Waals surface area contributed by atoms with Crippen molar-refractivity contribution in [2.24, 2.45) is 17.7 Å². The van der Waals surface area contributed by atoms with Crippen molar-refractivity contribution in [2.45, 2.75) is 37.9 Å². The summed E-state index contributed by atoms with van der Waals surface area (Å²) >= 11 is 0. The van der Waals surface area contributed by atoms with Gasteiger partial charge in [-0.05, 0) is 36.5 Å². The third-order valence-electron chi connectivity index (χ3n) is 4.06. The fourth-order valence-corrected chi connectivity index (χ4v) is 3.13. The molecule has 0 heterocycles. The lowest BCUT2D eigenvalue weighted by atomic mass is 9.73. The maximum absolute atomic E-state index is 13.3. The summed E-state index contributed by atoms with van der Waals surface area (Å²) in [4.78, 5) is 0. The van der Waals surface area contributed by atoms with Gasteiger partial charge in [0.2, 0.25) is 0 Å². The van der Waals surface area contributed by atoms with Gasteiger partial charge in [-0.1, -0.05) is 25.0 Å². The van der Waals surface area contributed by atoms with E-state index in [0.29, 0.717) is 18.4 Å². The fraction of sp³-hybridized carbons (Fsp3) is 0.571. The summed E-state index contributed by atoms with van der Waals surface area (Å²) in [7, 11) is 0. The van der Waals surface area contributed by atoms with Gasteiger partial charge in [-0.3, -0.25) is 11.3 Å². The number of alkyl halides is 3. The van der Waals surface area contributed by atoms with Gasteiger partial charge in [0.1, 0.15) is 5.82 Å². The Morgan fingerprint density at radius 3 is 2.50 bits per heavy atom. The highest BCUT2D eigenvalue weighted by Gasteiger charge is 2.47. The molecule has 1 aliphatic rings. The van der Waals surface area contributed by atoms with E-state index < -0.39 is 29.9 Å². The zero-order valence-corrected chi connectivity index (χ0v) is 11.0. The van der Waals surface area contributed by atoms with Crippen LogP contribution in [0.5, 0.6) is 0 Å². The Morgan fingerprint density at radius 2 is 1.90 bits per heavy atom. The van der Waals surface area contributed by atoms with Gasteiger partial charge in [0.25, 0.3) is 0 Å². The zero-order chi connectivity index (χ0) is 14.8. The van der Waals surface area contributed by atoms with E-state index in [4.69, 9.17) is 5.84 Å². The summed E-state index contributed by atoms with van der Waals surface area (Å²) in [6.45, 7) is 0. The molecule has 1 fully saturated rings. The summed E-state index contributed by atoms with van der Waals surface area (Å²) in [6.07, 6.45) is -2.38. The Balaban J connectivity index is 2.29. The van der Waals surface area contributed by atoms with Gasteiger partial charge < -0.3 is 0 Å². The van der Waals surface area contributed by atoms with E-state index in [1.165, 1.54) is 18.2 Å². The number of hydrogen-bond acceptors (Lipinski definition) is 2. The minimum atomic E-state index is -4.24. The molecule has 0 amide bonds. The first kappa shape index (κ1) is 15.3. The number of halogens is 4. The molecule has 3 atom stereocenters. The van der Waals surface area contributed by atoms with Gasteiger partial charge >= 0.3 is 6.18 Å². The Labute approximate surface area is 115 Å². The number of hydrazine groups is 1.